The van der Waals surface area contributed by atoms with Gasteiger partial charge >= 0.3 is 6.18 Å². The van der Waals surface area contributed by atoms with Crippen molar-refractivity contribution in [2.45, 2.75) is 43.4 Å². The summed E-state index contributed by atoms with van der Waals surface area (Å²) in [4.78, 5) is 29.1. The van der Waals surface area contributed by atoms with E-state index in [0.717, 1.165) is 6.07 Å². The minimum Gasteiger partial charge on any atom is -0.354 e. The Morgan fingerprint density at radius 3 is 2.10 bits per heavy atom. The van der Waals surface area contributed by atoms with Gasteiger partial charge in [-0.3, -0.25) is 13.9 Å². The number of nitrogens with one attached hydrogen (secondary N) is 1. The Morgan fingerprint density at radius 2 is 1.50 bits per heavy atom. The summed E-state index contributed by atoms with van der Waals surface area (Å²) >= 11 is 18.9. The second-order valence-corrected chi connectivity index (χ2v) is 13.9. The second-order valence-electron chi connectivity index (χ2n) is 10.7. The molecule has 1 atom stereocenters. The molecule has 0 aliphatic heterocycles. The van der Waals surface area contributed by atoms with Crippen LogP contribution >= 0.6 is 34.8 Å². The number of carbonyl (C=O) groups excluding carboxylic acids is 2. The van der Waals surface area contributed by atoms with Crippen molar-refractivity contribution in [3.8, 4) is 0 Å². The van der Waals surface area contributed by atoms with E-state index in [2.05, 4.69) is 5.32 Å². The monoisotopic (exact) mass is 739 g/mol. The molecule has 0 aromatic heterocycles. The molecule has 0 heterocycles. The maximum atomic E-state index is 14.5. The largest absolute Gasteiger partial charge is 0.416 e. The summed E-state index contributed by atoms with van der Waals surface area (Å²) in [7, 11) is -4.68. The van der Waals surface area contributed by atoms with Gasteiger partial charge in [0.15, 0.2) is 0 Å². The molecule has 0 spiro atoms. The molecule has 0 saturated heterocycles. The molecule has 4 aromatic carbocycles. The van der Waals surface area contributed by atoms with Crippen LogP contribution < -0.4 is 9.62 Å². The van der Waals surface area contributed by atoms with Crippen LogP contribution in [0.4, 0.5) is 18.9 Å². The molecular formula is C34H31Cl3F3N3O4S. The number of anilines is 1. The van der Waals surface area contributed by atoms with Gasteiger partial charge in [-0.1, -0.05) is 96.3 Å². The Bertz CT molecular complexity index is 1850. The normalized spacial score (nSPS) is 12.3. The zero-order chi connectivity index (χ0) is 35.1. The van der Waals surface area contributed by atoms with Crippen LogP contribution in [0.15, 0.2) is 102 Å². The maximum Gasteiger partial charge on any atom is 0.416 e. The fourth-order valence-corrected chi connectivity index (χ4v) is 7.05. The van der Waals surface area contributed by atoms with Gasteiger partial charge in [-0.25, -0.2) is 8.42 Å². The number of sulfonamides is 1. The zero-order valence-corrected chi connectivity index (χ0v) is 28.6. The van der Waals surface area contributed by atoms with Gasteiger partial charge in [0.1, 0.15) is 12.6 Å². The molecule has 4 aromatic rings. The van der Waals surface area contributed by atoms with Gasteiger partial charge < -0.3 is 10.2 Å². The molecule has 4 rings (SSSR count). The fourth-order valence-electron chi connectivity index (χ4n) is 4.87. The summed E-state index contributed by atoms with van der Waals surface area (Å²) in [6.07, 6.45) is -4.22. The Labute approximate surface area is 292 Å². The number of alkyl halides is 3. The lowest BCUT2D eigenvalue weighted by atomic mass is 10.0. The molecule has 254 valence electrons. The van der Waals surface area contributed by atoms with Crippen molar-refractivity contribution in [3.63, 3.8) is 0 Å². The summed E-state index contributed by atoms with van der Waals surface area (Å²) in [5, 5.41) is 2.97. The number of halogens is 6. The summed E-state index contributed by atoms with van der Waals surface area (Å²) in [6, 6.07) is 21.4. The van der Waals surface area contributed by atoms with Crippen LogP contribution in [0.25, 0.3) is 0 Å². The Kier molecular flexibility index (Phi) is 12.4. The highest BCUT2D eigenvalue weighted by atomic mass is 35.5. The van der Waals surface area contributed by atoms with Gasteiger partial charge in [0.2, 0.25) is 11.8 Å². The molecule has 2 amide bonds. The predicted octanol–water partition coefficient (Wildman–Crippen LogP) is 8.03. The van der Waals surface area contributed by atoms with Crippen molar-refractivity contribution < 1.29 is 31.2 Å². The van der Waals surface area contributed by atoms with Crippen molar-refractivity contribution in [2.24, 2.45) is 0 Å². The standard InChI is InChI=1S/C34H31Cl3F3N3O4S/c1-2-17-41-33(45)31(18-23-9-5-3-6-10-23)42(21-24-13-15-26(35)20-29(24)37)32(44)22-43(48(46,47)27-11-7-4-8-12-27)30-19-25(34(38,39)40)14-16-28(30)36/h3-16,19-20,31H,2,17-18,21-22H2,1H3,(H,41,45)/t31-/m1/s1. The fraction of sp³-hybridized carbons (Fsp3) is 0.235. The van der Waals surface area contributed by atoms with E-state index >= 15 is 0 Å². The molecule has 0 saturated carbocycles. The molecule has 14 heteroatoms. The number of benzene rings is 4. The van der Waals surface area contributed by atoms with E-state index in [0.29, 0.717) is 45.6 Å². The van der Waals surface area contributed by atoms with Crippen LogP contribution in [-0.2, 0) is 38.8 Å². The van der Waals surface area contributed by atoms with Crippen molar-refractivity contribution >= 4 is 62.3 Å². The third kappa shape index (κ3) is 9.22. The van der Waals surface area contributed by atoms with Crippen LogP contribution in [0.2, 0.25) is 15.1 Å². The topological polar surface area (TPSA) is 86.8 Å². The van der Waals surface area contributed by atoms with Crippen molar-refractivity contribution in [1.82, 2.24) is 10.2 Å². The van der Waals surface area contributed by atoms with Crippen molar-refractivity contribution in [3.05, 3.63) is 129 Å². The number of amides is 2. The molecule has 0 fully saturated rings. The molecule has 1 N–H and O–H groups in total. The summed E-state index contributed by atoms with van der Waals surface area (Å²) in [6.45, 7) is 0.882. The highest BCUT2D eigenvalue weighted by Crippen LogP contribution is 2.37. The molecule has 0 aliphatic carbocycles. The molecule has 0 radical (unpaired) electrons. The summed E-state index contributed by atoms with van der Waals surface area (Å²) in [5.74, 6) is -1.42. The van der Waals surface area contributed by atoms with Gasteiger partial charge in [-0.2, -0.15) is 13.2 Å². The van der Waals surface area contributed by atoms with Crippen LogP contribution in [0.3, 0.4) is 0 Å². The van der Waals surface area contributed by atoms with E-state index in [4.69, 9.17) is 34.8 Å². The maximum absolute atomic E-state index is 14.5. The van der Waals surface area contributed by atoms with E-state index in [9.17, 15) is 31.2 Å². The quantitative estimate of drug-likeness (QED) is 0.151. The van der Waals surface area contributed by atoms with E-state index in [1.165, 1.54) is 35.2 Å². The first-order valence-corrected chi connectivity index (χ1v) is 17.3. The second kappa shape index (κ2) is 16.1. The SMILES string of the molecule is CCCNC(=O)[C@@H](Cc1ccccc1)N(Cc1ccc(Cl)cc1Cl)C(=O)CN(c1cc(C(F)(F)F)ccc1Cl)S(=O)(=O)c1ccccc1. The third-order valence-corrected chi connectivity index (χ3v) is 10.0. The van der Waals surface area contributed by atoms with Crippen LogP contribution in [0.1, 0.15) is 30.0 Å². The summed E-state index contributed by atoms with van der Waals surface area (Å²) in [5.41, 5.74) is -0.648. The van der Waals surface area contributed by atoms with Gasteiger partial charge in [0.05, 0.1) is 21.2 Å². The first kappa shape index (κ1) is 37.1. The van der Waals surface area contributed by atoms with E-state index < -0.39 is 51.9 Å². The van der Waals surface area contributed by atoms with Gasteiger partial charge in [0, 0.05) is 29.6 Å². The van der Waals surface area contributed by atoms with Crippen molar-refractivity contribution in [2.75, 3.05) is 17.4 Å². The lowest BCUT2D eigenvalue weighted by Crippen LogP contribution is -2.53. The number of rotatable bonds is 13. The Hall–Kier alpha value is -3.77. The minimum absolute atomic E-state index is 0.0308. The van der Waals surface area contributed by atoms with Crippen LogP contribution in [-0.4, -0.2) is 44.3 Å². The lowest BCUT2D eigenvalue weighted by Gasteiger charge is -2.34. The molecule has 0 bridgehead atoms. The average Bonchev–Trinajstić information content (AvgIpc) is 3.05. The zero-order valence-electron chi connectivity index (χ0n) is 25.6. The van der Waals surface area contributed by atoms with Gasteiger partial charge in [0.25, 0.3) is 10.0 Å². The van der Waals surface area contributed by atoms with E-state index in [1.54, 1.807) is 48.5 Å². The average molecular weight is 741 g/mol. The number of nitrogens with zero attached hydrogens (tertiary/aromatic N) is 2. The van der Waals surface area contributed by atoms with Gasteiger partial charge in [-0.05, 0) is 60.0 Å². The Balaban J connectivity index is 1.88. The number of hydrogen-bond donors (Lipinski definition) is 1. The predicted molar refractivity (Wildman–Crippen MR) is 182 cm³/mol. The number of carbonyl (C=O) groups is 2. The molecule has 0 aliphatic rings. The van der Waals surface area contributed by atoms with E-state index in [-0.39, 0.29) is 27.9 Å². The van der Waals surface area contributed by atoms with Gasteiger partial charge in [-0.15, -0.1) is 0 Å². The molecular weight excluding hydrogens is 710 g/mol. The van der Waals surface area contributed by atoms with Crippen molar-refractivity contribution in [1.29, 1.82) is 0 Å². The highest BCUT2D eigenvalue weighted by molar-refractivity contribution is 7.92. The molecule has 7 nitrogen and oxygen atoms in total. The number of hydrogen-bond acceptors (Lipinski definition) is 4. The van der Waals surface area contributed by atoms with E-state index in [1.807, 2.05) is 6.92 Å². The first-order chi connectivity index (χ1) is 22.7. The lowest BCUT2D eigenvalue weighted by molar-refractivity contribution is -0.140. The highest BCUT2D eigenvalue weighted by Gasteiger charge is 2.37. The third-order valence-electron chi connectivity index (χ3n) is 7.33. The molecule has 0 unspecified atom stereocenters. The first-order valence-electron chi connectivity index (χ1n) is 14.7. The minimum atomic E-state index is -4.85. The summed E-state index contributed by atoms with van der Waals surface area (Å²) < 4.78 is 70.2. The van der Waals surface area contributed by atoms with Crippen LogP contribution in [0, 0.1) is 0 Å². The Morgan fingerprint density at radius 1 is 0.854 bits per heavy atom. The molecule has 48 heavy (non-hydrogen) atoms. The smallest absolute Gasteiger partial charge is 0.354 e. The van der Waals surface area contributed by atoms with Crippen LogP contribution in [0.5, 0.6) is 0 Å².